The first-order chi connectivity index (χ1) is 9.16. The highest BCUT2D eigenvalue weighted by molar-refractivity contribution is 5.99. The minimum absolute atomic E-state index is 0.112. The van der Waals surface area contributed by atoms with Gasteiger partial charge in [0.05, 0.1) is 0 Å². The van der Waals surface area contributed by atoms with E-state index in [2.05, 4.69) is 4.74 Å². The van der Waals surface area contributed by atoms with Crippen molar-refractivity contribution in [2.75, 3.05) is 0 Å². The SMILES string of the molecule is CC(=O)/C(C)=C\C(=O)Oc1c(F)c(F)c(F)c(F)c1F. The molecular formula is C12H7F5O3. The van der Waals surface area contributed by atoms with Crippen LogP contribution in [0.25, 0.3) is 0 Å². The van der Waals surface area contributed by atoms with Crippen molar-refractivity contribution in [1.29, 1.82) is 0 Å². The van der Waals surface area contributed by atoms with E-state index in [-0.39, 0.29) is 5.57 Å². The van der Waals surface area contributed by atoms with Gasteiger partial charge in [0.15, 0.2) is 5.78 Å². The van der Waals surface area contributed by atoms with Crippen LogP contribution in [-0.2, 0) is 9.59 Å². The molecular weight excluding hydrogens is 287 g/mol. The van der Waals surface area contributed by atoms with Crippen LogP contribution in [0.4, 0.5) is 22.0 Å². The Morgan fingerprint density at radius 1 is 0.850 bits per heavy atom. The van der Waals surface area contributed by atoms with Crippen molar-refractivity contribution in [2.24, 2.45) is 0 Å². The molecule has 0 spiro atoms. The number of Topliss-reactive ketones (excluding diaryl/α,β-unsaturated/α-hetero) is 1. The maximum atomic E-state index is 13.2. The second kappa shape index (κ2) is 5.81. The van der Waals surface area contributed by atoms with Crippen LogP contribution >= 0.6 is 0 Å². The van der Waals surface area contributed by atoms with E-state index in [1.807, 2.05) is 0 Å². The molecule has 0 bridgehead atoms. The van der Waals surface area contributed by atoms with Crippen LogP contribution in [0.1, 0.15) is 13.8 Å². The fraction of sp³-hybridized carbons (Fsp3) is 0.167. The van der Waals surface area contributed by atoms with Gasteiger partial charge in [0.2, 0.25) is 34.8 Å². The lowest BCUT2D eigenvalue weighted by molar-refractivity contribution is -0.129. The predicted octanol–water partition coefficient (Wildman–Crippen LogP) is 2.82. The maximum Gasteiger partial charge on any atom is 0.336 e. The van der Waals surface area contributed by atoms with Crippen LogP contribution < -0.4 is 4.74 Å². The summed E-state index contributed by atoms with van der Waals surface area (Å²) in [5.74, 6) is -15.1. The third kappa shape index (κ3) is 3.01. The molecule has 0 saturated heterocycles. The van der Waals surface area contributed by atoms with E-state index in [0.29, 0.717) is 6.08 Å². The van der Waals surface area contributed by atoms with Crippen molar-refractivity contribution in [3.8, 4) is 5.75 Å². The Labute approximate surface area is 109 Å². The number of hydrogen-bond donors (Lipinski definition) is 0. The zero-order valence-corrected chi connectivity index (χ0v) is 10.2. The van der Waals surface area contributed by atoms with E-state index in [1.165, 1.54) is 6.92 Å². The number of rotatable bonds is 3. The summed E-state index contributed by atoms with van der Waals surface area (Å²) in [7, 11) is 0. The molecule has 3 nitrogen and oxygen atoms in total. The van der Waals surface area contributed by atoms with Crippen molar-refractivity contribution < 1.29 is 36.3 Å². The summed E-state index contributed by atoms with van der Waals surface area (Å²) >= 11 is 0. The van der Waals surface area contributed by atoms with E-state index in [0.717, 1.165) is 6.92 Å². The van der Waals surface area contributed by atoms with Crippen molar-refractivity contribution >= 4 is 11.8 Å². The van der Waals surface area contributed by atoms with E-state index >= 15 is 0 Å². The van der Waals surface area contributed by atoms with E-state index in [1.54, 1.807) is 0 Å². The van der Waals surface area contributed by atoms with Gasteiger partial charge in [0.1, 0.15) is 0 Å². The molecule has 20 heavy (non-hydrogen) atoms. The number of hydrogen-bond acceptors (Lipinski definition) is 3. The molecule has 1 rings (SSSR count). The minimum atomic E-state index is -2.37. The fourth-order valence-corrected chi connectivity index (χ4v) is 1.08. The van der Waals surface area contributed by atoms with Crippen molar-refractivity contribution in [3.05, 3.63) is 40.7 Å². The number of allylic oxidation sites excluding steroid dienone is 1. The highest BCUT2D eigenvalue weighted by Crippen LogP contribution is 2.29. The second-order valence-corrected chi connectivity index (χ2v) is 3.70. The van der Waals surface area contributed by atoms with Gasteiger partial charge in [-0.3, -0.25) is 4.79 Å². The highest BCUT2D eigenvalue weighted by Gasteiger charge is 2.28. The van der Waals surface area contributed by atoms with Gasteiger partial charge in [-0.2, -0.15) is 8.78 Å². The molecule has 0 saturated carbocycles. The summed E-state index contributed by atoms with van der Waals surface area (Å²) in [6, 6.07) is 0. The second-order valence-electron chi connectivity index (χ2n) is 3.70. The molecule has 0 aliphatic rings. The molecule has 0 aromatic heterocycles. The van der Waals surface area contributed by atoms with Gasteiger partial charge >= 0.3 is 5.97 Å². The van der Waals surface area contributed by atoms with Gasteiger partial charge < -0.3 is 4.74 Å². The minimum Gasteiger partial charge on any atom is -0.417 e. The standard InChI is InChI=1S/C12H7F5O3/c1-4(5(2)18)3-6(19)20-12-10(16)8(14)7(13)9(15)11(12)17/h3H,1-2H3/b4-3-. The molecule has 1 aromatic rings. The van der Waals surface area contributed by atoms with Gasteiger partial charge in [-0.15, -0.1) is 0 Å². The summed E-state index contributed by atoms with van der Waals surface area (Å²) in [4.78, 5) is 22.0. The lowest BCUT2D eigenvalue weighted by atomic mass is 10.2. The van der Waals surface area contributed by atoms with Crippen LogP contribution in [0.2, 0.25) is 0 Å². The van der Waals surface area contributed by atoms with Gasteiger partial charge in [-0.1, -0.05) is 0 Å². The number of ether oxygens (including phenoxy) is 1. The Morgan fingerprint density at radius 3 is 1.65 bits per heavy atom. The number of benzene rings is 1. The molecule has 0 atom stereocenters. The number of halogens is 5. The monoisotopic (exact) mass is 294 g/mol. The number of carbonyl (C=O) groups is 2. The Balaban J connectivity index is 3.21. The molecule has 0 amide bonds. The maximum absolute atomic E-state index is 13.2. The number of carbonyl (C=O) groups excluding carboxylic acids is 2. The lowest BCUT2D eigenvalue weighted by Crippen LogP contribution is -2.12. The summed E-state index contributed by atoms with van der Waals surface area (Å²) in [5, 5.41) is 0. The van der Waals surface area contributed by atoms with E-state index in [9.17, 15) is 31.5 Å². The van der Waals surface area contributed by atoms with Gasteiger partial charge in [0, 0.05) is 6.08 Å². The Morgan fingerprint density at radius 2 is 1.25 bits per heavy atom. The summed E-state index contributed by atoms with van der Waals surface area (Å²) in [5.41, 5.74) is -0.112. The molecule has 0 radical (unpaired) electrons. The summed E-state index contributed by atoms with van der Waals surface area (Å²) in [6.07, 6.45) is 0.570. The fourth-order valence-electron chi connectivity index (χ4n) is 1.08. The molecule has 0 unspecified atom stereocenters. The van der Waals surface area contributed by atoms with Crippen LogP contribution in [0.5, 0.6) is 5.75 Å². The van der Waals surface area contributed by atoms with Crippen LogP contribution in [0.15, 0.2) is 11.6 Å². The number of esters is 1. The molecule has 0 aliphatic heterocycles. The highest BCUT2D eigenvalue weighted by atomic mass is 19.2. The summed E-state index contributed by atoms with van der Waals surface area (Å²) < 4.78 is 68.8. The molecule has 1 aromatic carbocycles. The largest absolute Gasteiger partial charge is 0.417 e. The zero-order valence-electron chi connectivity index (χ0n) is 10.2. The number of ketones is 1. The van der Waals surface area contributed by atoms with Crippen molar-refractivity contribution in [1.82, 2.24) is 0 Å². The smallest absolute Gasteiger partial charge is 0.336 e. The average molecular weight is 294 g/mol. The van der Waals surface area contributed by atoms with Crippen molar-refractivity contribution in [3.63, 3.8) is 0 Å². The third-order valence-corrected chi connectivity index (χ3v) is 2.26. The Kier molecular flexibility index (Phi) is 4.59. The molecule has 0 heterocycles. The third-order valence-electron chi connectivity index (χ3n) is 2.26. The first-order valence-electron chi connectivity index (χ1n) is 5.09. The van der Waals surface area contributed by atoms with Crippen LogP contribution in [0, 0.1) is 29.1 Å². The normalized spacial score (nSPS) is 11.4. The van der Waals surface area contributed by atoms with E-state index in [4.69, 9.17) is 0 Å². The van der Waals surface area contributed by atoms with Crippen molar-refractivity contribution in [2.45, 2.75) is 13.8 Å². The Bertz CT molecular complexity index is 593. The lowest BCUT2D eigenvalue weighted by Gasteiger charge is -2.07. The molecule has 108 valence electrons. The predicted molar refractivity (Wildman–Crippen MR) is 56.3 cm³/mol. The molecule has 0 N–H and O–H groups in total. The molecule has 8 heteroatoms. The van der Waals surface area contributed by atoms with E-state index < -0.39 is 46.6 Å². The molecule has 0 aliphatic carbocycles. The van der Waals surface area contributed by atoms with Crippen LogP contribution in [-0.4, -0.2) is 11.8 Å². The van der Waals surface area contributed by atoms with Gasteiger partial charge in [0.25, 0.3) is 0 Å². The summed E-state index contributed by atoms with van der Waals surface area (Å²) in [6.45, 7) is 2.32. The first kappa shape index (κ1) is 15.8. The first-order valence-corrected chi connectivity index (χ1v) is 5.09. The van der Waals surface area contributed by atoms with Gasteiger partial charge in [-0.25, -0.2) is 18.0 Å². The van der Waals surface area contributed by atoms with Gasteiger partial charge in [-0.05, 0) is 19.4 Å². The quantitative estimate of drug-likeness (QED) is 0.215. The molecule has 0 fully saturated rings. The average Bonchev–Trinajstić information content (AvgIpc) is 2.39. The Hall–Kier alpha value is -2.25. The topological polar surface area (TPSA) is 43.4 Å². The zero-order chi connectivity index (χ0) is 15.6. The van der Waals surface area contributed by atoms with Crippen LogP contribution in [0.3, 0.4) is 0 Å².